The molecule has 1 heterocycles. The van der Waals surface area contributed by atoms with Crippen LogP contribution in [0.2, 0.25) is 0 Å². The Balaban J connectivity index is 2.81. The fraction of sp³-hybridized carbons (Fsp3) is 0.500. The zero-order valence-corrected chi connectivity index (χ0v) is 6.61. The molecule has 3 nitrogen and oxygen atoms in total. The van der Waals surface area contributed by atoms with Crippen LogP contribution in [-0.2, 0) is 6.42 Å². The van der Waals surface area contributed by atoms with Crippen LogP contribution in [-0.4, -0.2) is 16.7 Å². The molecule has 0 saturated heterocycles. The van der Waals surface area contributed by atoms with E-state index in [1.807, 2.05) is 6.92 Å². The molecule has 0 bridgehead atoms. The minimum Gasteiger partial charge on any atom is -0.396 e. The number of nitrogens with two attached hydrogens (primary N) is 1. The number of anilines is 1. The number of nitrogens with zero attached hydrogens (tertiary/aromatic N) is 1. The Bertz CT molecular complexity index is 222. The van der Waals surface area contributed by atoms with E-state index in [1.165, 1.54) is 11.3 Å². The molecule has 0 saturated carbocycles. The summed E-state index contributed by atoms with van der Waals surface area (Å²) in [6, 6.07) is 0. The maximum atomic E-state index is 8.58. The maximum Gasteiger partial charge on any atom is 0.180 e. The molecule has 0 aliphatic heterocycles. The summed E-state index contributed by atoms with van der Waals surface area (Å²) in [5.74, 6) is 0. The molecule has 4 heteroatoms. The Morgan fingerprint density at radius 1 is 1.70 bits per heavy atom. The molecule has 10 heavy (non-hydrogen) atoms. The molecule has 0 aliphatic carbocycles. The van der Waals surface area contributed by atoms with Crippen LogP contribution in [0.1, 0.15) is 10.6 Å². The summed E-state index contributed by atoms with van der Waals surface area (Å²) in [6.07, 6.45) is 0.611. The average Bonchev–Trinajstić information content (AvgIpc) is 2.13. The van der Waals surface area contributed by atoms with Crippen molar-refractivity contribution in [3.8, 4) is 0 Å². The lowest BCUT2D eigenvalue weighted by molar-refractivity contribution is 0.298. The summed E-state index contributed by atoms with van der Waals surface area (Å²) in [7, 11) is 0. The highest BCUT2D eigenvalue weighted by atomic mass is 32.1. The van der Waals surface area contributed by atoms with Crippen LogP contribution in [0.15, 0.2) is 0 Å². The normalized spacial score (nSPS) is 10.2. The number of thiazole rings is 1. The fourth-order valence-electron chi connectivity index (χ4n) is 0.788. The van der Waals surface area contributed by atoms with Crippen LogP contribution in [0.25, 0.3) is 0 Å². The van der Waals surface area contributed by atoms with Crippen molar-refractivity contribution in [2.24, 2.45) is 0 Å². The molecule has 0 fully saturated rings. The molecule has 1 aromatic heterocycles. The molecule has 0 radical (unpaired) electrons. The minimum absolute atomic E-state index is 0.143. The van der Waals surface area contributed by atoms with E-state index in [9.17, 15) is 0 Å². The van der Waals surface area contributed by atoms with Crippen LogP contribution in [0, 0.1) is 6.92 Å². The standard InChI is InChI=1S/C6H10N2OS/c1-4-5(2-3-9)8-6(7)10-4/h9H,2-3H2,1H3,(H2,7,8). The minimum atomic E-state index is 0.143. The fourth-order valence-corrected chi connectivity index (χ4v) is 1.52. The second-order valence-electron chi connectivity index (χ2n) is 2.03. The summed E-state index contributed by atoms with van der Waals surface area (Å²) in [6.45, 7) is 2.10. The first kappa shape index (κ1) is 7.50. The van der Waals surface area contributed by atoms with Crippen molar-refractivity contribution in [2.75, 3.05) is 12.3 Å². The zero-order chi connectivity index (χ0) is 7.56. The van der Waals surface area contributed by atoms with Crippen LogP contribution in [0.4, 0.5) is 5.13 Å². The lowest BCUT2D eigenvalue weighted by Crippen LogP contribution is -1.93. The maximum absolute atomic E-state index is 8.58. The molecule has 56 valence electrons. The summed E-state index contributed by atoms with van der Waals surface area (Å²) in [5, 5.41) is 9.16. The van der Waals surface area contributed by atoms with Gasteiger partial charge < -0.3 is 10.8 Å². The van der Waals surface area contributed by atoms with Crippen molar-refractivity contribution in [2.45, 2.75) is 13.3 Å². The van der Waals surface area contributed by atoms with E-state index in [0.29, 0.717) is 11.6 Å². The van der Waals surface area contributed by atoms with Gasteiger partial charge in [-0.2, -0.15) is 0 Å². The number of nitrogen functional groups attached to an aromatic ring is 1. The van der Waals surface area contributed by atoms with Gasteiger partial charge in [0.2, 0.25) is 0 Å². The van der Waals surface area contributed by atoms with Crippen molar-refractivity contribution < 1.29 is 5.11 Å². The molecule has 0 aromatic carbocycles. The van der Waals surface area contributed by atoms with E-state index in [0.717, 1.165) is 10.6 Å². The van der Waals surface area contributed by atoms with Crippen molar-refractivity contribution in [1.29, 1.82) is 0 Å². The van der Waals surface area contributed by atoms with Gasteiger partial charge in [-0.1, -0.05) is 0 Å². The Kier molecular flexibility index (Phi) is 2.24. The Morgan fingerprint density at radius 3 is 2.80 bits per heavy atom. The van der Waals surface area contributed by atoms with E-state index in [2.05, 4.69) is 4.98 Å². The summed E-state index contributed by atoms with van der Waals surface area (Å²) in [4.78, 5) is 5.14. The first-order valence-corrected chi connectivity index (χ1v) is 3.88. The van der Waals surface area contributed by atoms with Crippen LogP contribution in [0.5, 0.6) is 0 Å². The quantitative estimate of drug-likeness (QED) is 0.661. The van der Waals surface area contributed by atoms with Gasteiger partial charge in [-0.25, -0.2) is 4.98 Å². The van der Waals surface area contributed by atoms with Gasteiger partial charge >= 0.3 is 0 Å². The third-order valence-corrected chi connectivity index (χ3v) is 2.10. The van der Waals surface area contributed by atoms with Crippen LogP contribution >= 0.6 is 11.3 Å². The Labute approximate surface area is 63.5 Å². The molecule has 3 N–H and O–H groups in total. The summed E-state index contributed by atoms with van der Waals surface area (Å²) < 4.78 is 0. The van der Waals surface area contributed by atoms with Crippen molar-refractivity contribution >= 4 is 16.5 Å². The third kappa shape index (κ3) is 1.46. The summed E-state index contributed by atoms with van der Waals surface area (Å²) >= 11 is 1.46. The predicted octanol–water partition coefficient (Wildman–Crippen LogP) is 0.569. The van der Waals surface area contributed by atoms with Crippen molar-refractivity contribution in [3.05, 3.63) is 10.6 Å². The van der Waals surface area contributed by atoms with Crippen molar-refractivity contribution in [3.63, 3.8) is 0 Å². The van der Waals surface area contributed by atoms with Gasteiger partial charge in [0.05, 0.1) is 5.69 Å². The van der Waals surface area contributed by atoms with E-state index in [4.69, 9.17) is 10.8 Å². The van der Waals surface area contributed by atoms with E-state index in [-0.39, 0.29) is 6.61 Å². The molecule has 0 spiro atoms. The summed E-state index contributed by atoms with van der Waals surface area (Å²) in [5.41, 5.74) is 6.36. The van der Waals surface area contributed by atoms with Gasteiger partial charge in [0.15, 0.2) is 5.13 Å². The zero-order valence-electron chi connectivity index (χ0n) is 5.79. The molecule has 0 aliphatic rings. The number of aliphatic hydroxyl groups is 1. The van der Waals surface area contributed by atoms with Crippen molar-refractivity contribution in [1.82, 2.24) is 4.98 Å². The number of hydrogen-bond donors (Lipinski definition) is 2. The van der Waals surface area contributed by atoms with Gasteiger partial charge in [0, 0.05) is 17.9 Å². The predicted molar refractivity (Wildman–Crippen MR) is 42.1 cm³/mol. The second-order valence-corrected chi connectivity index (χ2v) is 3.26. The Morgan fingerprint density at radius 2 is 2.40 bits per heavy atom. The first-order valence-electron chi connectivity index (χ1n) is 3.06. The molecular weight excluding hydrogens is 148 g/mol. The number of rotatable bonds is 2. The van der Waals surface area contributed by atoms with Gasteiger partial charge in [0.1, 0.15) is 0 Å². The van der Waals surface area contributed by atoms with Gasteiger partial charge in [0.25, 0.3) is 0 Å². The molecular formula is C6H10N2OS. The number of aromatic nitrogens is 1. The van der Waals surface area contributed by atoms with Gasteiger partial charge in [-0.3, -0.25) is 0 Å². The monoisotopic (exact) mass is 158 g/mol. The molecule has 0 unspecified atom stereocenters. The SMILES string of the molecule is Cc1sc(N)nc1CCO. The third-order valence-electron chi connectivity index (χ3n) is 1.26. The van der Waals surface area contributed by atoms with E-state index < -0.39 is 0 Å². The second kappa shape index (κ2) is 2.98. The number of aliphatic hydroxyl groups excluding tert-OH is 1. The van der Waals surface area contributed by atoms with Crippen LogP contribution < -0.4 is 5.73 Å². The molecule has 1 aromatic rings. The Hall–Kier alpha value is -0.610. The first-order chi connectivity index (χ1) is 4.74. The van der Waals surface area contributed by atoms with E-state index >= 15 is 0 Å². The lowest BCUT2D eigenvalue weighted by atomic mass is 10.3. The van der Waals surface area contributed by atoms with Crippen LogP contribution in [0.3, 0.4) is 0 Å². The van der Waals surface area contributed by atoms with Gasteiger partial charge in [-0.05, 0) is 6.92 Å². The highest BCUT2D eigenvalue weighted by Crippen LogP contribution is 2.18. The average molecular weight is 158 g/mol. The number of aryl methyl sites for hydroxylation is 1. The highest BCUT2D eigenvalue weighted by molar-refractivity contribution is 7.15. The number of hydrogen-bond acceptors (Lipinski definition) is 4. The molecule has 0 atom stereocenters. The molecule has 1 rings (SSSR count). The van der Waals surface area contributed by atoms with E-state index in [1.54, 1.807) is 0 Å². The smallest absolute Gasteiger partial charge is 0.180 e. The lowest BCUT2D eigenvalue weighted by Gasteiger charge is -1.90. The van der Waals surface area contributed by atoms with Gasteiger partial charge in [-0.15, -0.1) is 11.3 Å². The topological polar surface area (TPSA) is 59.1 Å². The largest absolute Gasteiger partial charge is 0.396 e. The highest BCUT2D eigenvalue weighted by Gasteiger charge is 2.02. The molecule has 0 amide bonds.